The average Bonchev–Trinajstić information content (AvgIpc) is 2.76. The van der Waals surface area contributed by atoms with Gasteiger partial charge in [0.15, 0.2) is 0 Å². The van der Waals surface area contributed by atoms with E-state index in [0.29, 0.717) is 11.3 Å². The number of hydrogen-bond donors (Lipinski definition) is 1. The highest BCUT2D eigenvalue weighted by molar-refractivity contribution is 5.96. The molecule has 0 unspecified atom stereocenters. The molecule has 16 heavy (non-hydrogen) atoms. The van der Waals surface area contributed by atoms with E-state index in [4.69, 9.17) is 10.2 Å². The van der Waals surface area contributed by atoms with Crippen molar-refractivity contribution in [3.05, 3.63) is 59.5 Å². The van der Waals surface area contributed by atoms with E-state index in [1.807, 2.05) is 36.4 Å². The minimum atomic E-state index is -0.485. The van der Waals surface area contributed by atoms with Crippen LogP contribution in [-0.4, -0.2) is 5.91 Å². The van der Waals surface area contributed by atoms with Crippen molar-refractivity contribution in [2.45, 2.75) is 0 Å². The molecule has 2 N–H and O–H groups in total. The number of carbonyl (C=O) groups is 1. The zero-order chi connectivity index (χ0) is 11.4. The van der Waals surface area contributed by atoms with Gasteiger partial charge in [-0.05, 0) is 17.7 Å². The van der Waals surface area contributed by atoms with Gasteiger partial charge < -0.3 is 10.2 Å². The molecule has 3 nitrogen and oxygen atoms in total. The Morgan fingerprint density at radius 1 is 1.12 bits per heavy atom. The zero-order valence-corrected chi connectivity index (χ0v) is 8.59. The molecule has 0 bridgehead atoms. The summed E-state index contributed by atoms with van der Waals surface area (Å²) in [5, 5.41) is 0. The van der Waals surface area contributed by atoms with E-state index in [1.165, 1.54) is 6.26 Å². The third-order valence-corrected chi connectivity index (χ3v) is 2.19. The van der Waals surface area contributed by atoms with Gasteiger partial charge in [0, 0.05) is 0 Å². The molecule has 1 aromatic carbocycles. The van der Waals surface area contributed by atoms with Crippen molar-refractivity contribution in [2.24, 2.45) is 5.73 Å². The Hall–Kier alpha value is -2.29. The van der Waals surface area contributed by atoms with Gasteiger partial charge in [-0.25, -0.2) is 0 Å². The predicted octanol–water partition coefficient (Wildman–Crippen LogP) is 2.55. The Morgan fingerprint density at radius 3 is 2.56 bits per heavy atom. The van der Waals surface area contributed by atoms with Gasteiger partial charge in [0.1, 0.15) is 5.76 Å². The van der Waals surface area contributed by atoms with E-state index in [2.05, 4.69) is 0 Å². The first-order valence-electron chi connectivity index (χ1n) is 4.88. The lowest BCUT2D eigenvalue weighted by atomic mass is 10.1. The molecule has 2 rings (SSSR count). The molecule has 0 atom stereocenters. The summed E-state index contributed by atoms with van der Waals surface area (Å²) in [6.45, 7) is 0. The number of carbonyl (C=O) groups excluding carboxylic acids is 1. The van der Waals surface area contributed by atoms with Crippen LogP contribution in [0.2, 0.25) is 0 Å². The summed E-state index contributed by atoms with van der Waals surface area (Å²) in [6, 6.07) is 11.3. The molecule has 80 valence electrons. The van der Waals surface area contributed by atoms with Crippen LogP contribution in [0.5, 0.6) is 0 Å². The molecule has 0 saturated carbocycles. The molecule has 0 radical (unpaired) electrons. The maximum Gasteiger partial charge on any atom is 0.252 e. The van der Waals surface area contributed by atoms with Crippen molar-refractivity contribution in [2.75, 3.05) is 0 Å². The number of benzene rings is 1. The van der Waals surface area contributed by atoms with Gasteiger partial charge in [-0.1, -0.05) is 36.4 Å². The largest absolute Gasteiger partial charge is 0.464 e. The summed E-state index contributed by atoms with van der Waals surface area (Å²) >= 11 is 0. The molecule has 0 spiro atoms. The second kappa shape index (κ2) is 4.49. The van der Waals surface area contributed by atoms with Crippen molar-refractivity contribution in [3.63, 3.8) is 0 Å². The Balaban J connectivity index is 2.24. The third-order valence-electron chi connectivity index (χ3n) is 2.19. The van der Waals surface area contributed by atoms with Gasteiger partial charge in [0.2, 0.25) is 0 Å². The minimum Gasteiger partial charge on any atom is -0.464 e. The molecule has 1 heterocycles. The molecular formula is C13H11NO2. The number of amides is 1. The highest BCUT2D eigenvalue weighted by Crippen LogP contribution is 2.13. The number of nitrogens with two attached hydrogens (primary N) is 1. The summed E-state index contributed by atoms with van der Waals surface area (Å²) in [4.78, 5) is 11.0. The lowest BCUT2D eigenvalue weighted by Crippen LogP contribution is -2.10. The standard InChI is InChI=1S/C13H11NO2/c14-13(15)11-8-9-16-12(11)7-6-10-4-2-1-3-5-10/h1-9H,(H2,14,15)/b7-6+. The smallest absolute Gasteiger partial charge is 0.252 e. The molecular weight excluding hydrogens is 202 g/mol. The summed E-state index contributed by atoms with van der Waals surface area (Å²) in [5.74, 6) is -0.00202. The van der Waals surface area contributed by atoms with Crippen LogP contribution >= 0.6 is 0 Å². The second-order valence-electron chi connectivity index (χ2n) is 3.31. The zero-order valence-electron chi connectivity index (χ0n) is 8.59. The summed E-state index contributed by atoms with van der Waals surface area (Å²) in [7, 11) is 0. The van der Waals surface area contributed by atoms with Gasteiger partial charge in [-0.2, -0.15) is 0 Å². The molecule has 3 heteroatoms. The topological polar surface area (TPSA) is 56.2 Å². The van der Waals surface area contributed by atoms with Crippen LogP contribution in [0.25, 0.3) is 12.2 Å². The van der Waals surface area contributed by atoms with E-state index in [-0.39, 0.29) is 0 Å². The lowest BCUT2D eigenvalue weighted by molar-refractivity contribution is 0.0999. The minimum absolute atomic E-state index is 0.396. The monoisotopic (exact) mass is 213 g/mol. The van der Waals surface area contributed by atoms with E-state index in [9.17, 15) is 4.79 Å². The highest BCUT2D eigenvalue weighted by Gasteiger charge is 2.07. The molecule has 0 aliphatic heterocycles. The van der Waals surface area contributed by atoms with E-state index in [1.54, 1.807) is 12.1 Å². The molecule has 0 aliphatic rings. The maximum atomic E-state index is 11.0. The SMILES string of the molecule is NC(=O)c1ccoc1/C=C/c1ccccc1. The van der Waals surface area contributed by atoms with Crippen LogP contribution in [0.4, 0.5) is 0 Å². The van der Waals surface area contributed by atoms with E-state index >= 15 is 0 Å². The second-order valence-corrected chi connectivity index (χ2v) is 3.31. The van der Waals surface area contributed by atoms with Gasteiger partial charge in [0.05, 0.1) is 11.8 Å². The first-order valence-corrected chi connectivity index (χ1v) is 4.88. The van der Waals surface area contributed by atoms with Gasteiger partial charge in [-0.3, -0.25) is 4.79 Å². The Labute approximate surface area is 93.2 Å². The summed E-state index contributed by atoms with van der Waals surface area (Å²) in [5.41, 5.74) is 6.63. The number of rotatable bonds is 3. The molecule has 1 aromatic heterocycles. The van der Waals surface area contributed by atoms with Crippen LogP contribution < -0.4 is 5.73 Å². The van der Waals surface area contributed by atoms with Crippen LogP contribution in [-0.2, 0) is 0 Å². The Morgan fingerprint density at radius 2 is 1.88 bits per heavy atom. The van der Waals surface area contributed by atoms with Gasteiger partial charge >= 0.3 is 0 Å². The highest BCUT2D eigenvalue weighted by atomic mass is 16.3. The summed E-state index contributed by atoms with van der Waals surface area (Å²) < 4.78 is 5.16. The Bertz CT molecular complexity index is 512. The predicted molar refractivity (Wildman–Crippen MR) is 62.6 cm³/mol. The van der Waals surface area contributed by atoms with Crippen molar-refractivity contribution >= 4 is 18.1 Å². The molecule has 2 aromatic rings. The molecule has 0 saturated heterocycles. The quantitative estimate of drug-likeness (QED) is 0.851. The first-order chi connectivity index (χ1) is 7.77. The van der Waals surface area contributed by atoms with Gasteiger partial charge in [-0.15, -0.1) is 0 Å². The maximum absolute atomic E-state index is 11.0. The fraction of sp³-hybridized carbons (Fsp3) is 0. The normalized spacial score (nSPS) is 10.8. The molecule has 1 amide bonds. The van der Waals surface area contributed by atoms with E-state index in [0.717, 1.165) is 5.56 Å². The number of primary amides is 1. The van der Waals surface area contributed by atoms with Crippen molar-refractivity contribution < 1.29 is 9.21 Å². The van der Waals surface area contributed by atoms with E-state index < -0.39 is 5.91 Å². The molecule has 0 aliphatic carbocycles. The van der Waals surface area contributed by atoms with Crippen LogP contribution in [0.15, 0.2) is 47.1 Å². The van der Waals surface area contributed by atoms with Crippen LogP contribution in [0, 0.1) is 0 Å². The fourth-order valence-corrected chi connectivity index (χ4v) is 1.39. The van der Waals surface area contributed by atoms with Gasteiger partial charge in [0.25, 0.3) is 5.91 Å². The Kier molecular flexibility index (Phi) is 2.87. The average molecular weight is 213 g/mol. The lowest BCUT2D eigenvalue weighted by Gasteiger charge is -1.93. The van der Waals surface area contributed by atoms with Crippen LogP contribution in [0.3, 0.4) is 0 Å². The summed E-state index contributed by atoms with van der Waals surface area (Å²) in [6.07, 6.45) is 5.05. The van der Waals surface area contributed by atoms with Crippen molar-refractivity contribution in [1.82, 2.24) is 0 Å². The third kappa shape index (κ3) is 2.20. The molecule has 0 fully saturated rings. The fourth-order valence-electron chi connectivity index (χ4n) is 1.39. The van der Waals surface area contributed by atoms with Crippen molar-refractivity contribution in [3.8, 4) is 0 Å². The van der Waals surface area contributed by atoms with Crippen LogP contribution in [0.1, 0.15) is 21.7 Å². The van der Waals surface area contributed by atoms with Crippen molar-refractivity contribution in [1.29, 1.82) is 0 Å². The number of hydrogen-bond acceptors (Lipinski definition) is 2. The number of furan rings is 1. The first kappa shape index (κ1) is 10.2.